The smallest absolute Gasteiger partial charge is 0.253 e. The van der Waals surface area contributed by atoms with Crippen molar-refractivity contribution in [2.24, 2.45) is 0 Å². The largest absolute Gasteiger partial charge is 0.376 e. The van der Waals surface area contributed by atoms with E-state index in [0.29, 0.717) is 12.6 Å². The second-order valence-corrected chi connectivity index (χ2v) is 8.49. The molecule has 1 atom stereocenters. The Bertz CT molecular complexity index is 898. The molecule has 0 bridgehead atoms. The Morgan fingerprint density at radius 1 is 1.25 bits per heavy atom. The summed E-state index contributed by atoms with van der Waals surface area (Å²) in [5.74, 6) is 0. The van der Waals surface area contributed by atoms with E-state index in [4.69, 9.17) is 17.0 Å². The summed E-state index contributed by atoms with van der Waals surface area (Å²) in [6.07, 6.45) is 7.17. The molecular formula is C22H29N3O2S. The summed E-state index contributed by atoms with van der Waals surface area (Å²) in [4.78, 5) is 18.0. The van der Waals surface area contributed by atoms with E-state index in [1.807, 2.05) is 19.1 Å². The highest BCUT2D eigenvalue weighted by molar-refractivity contribution is 7.80. The van der Waals surface area contributed by atoms with Crippen molar-refractivity contribution >= 4 is 28.2 Å². The van der Waals surface area contributed by atoms with Crippen LogP contribution in [0, 0.1) is 6.92 Å². The number of aromatic amines is 1. The van der Waals surface area contributed by atoms with Crippen LogP contribution in [-0.2, 0) is 11.3 Å². The van der Waals surface area contributed by atoms with Gasteiger partial charge in [0.15, 0.2) is 5.11 Å². The van der Waals surface area contributed by atoms with E-state index in [1.165, 1.54) is 12.8 Å². The Hall–Kier alpha value is -1.92. The molecule has 28 heavy (non-hydrogen) atoms. The summed E-state index contributed by atoms with van der Waals surface area (Å²) in [6, 6.07) is 8.57. The number of aromatic nitrogens is 1. The number of ether oxygens (including phenoxy) is 1. The third kappa shape index (κ3) is 4.39. The summed E-state index contributed by atoms with van der Waals surface area (Å²) < 4.78 is 5.71. The van der Waals surface area contributed by atoms with Crippen LogP contribution in [0.25, 0.3) is 10.9 Å². The molecule has 1 aliphatic heterocycles. The van der Waals surface area contributed by atoms with Gasteiger partial charge in [-0.3, -0.25) is 4.79 Å². The third-order valence-electron chi connectivity index (χ3n) is 5.95. The van der Waals surface area contributed by atoms with Crippen molar-refractivity contribution in [1.82, 2.24) is 15.2 Å². The van der Waals surface area contributed by atoms with Gasteiger partial charge >= 0.3 is 0 Å². The average Bonchev–Trinajstić information content (AvgIpc) is 3.38. The molecule has 0 spiro atoms. The maximum absolute atomic E-state index is 12.7. The molecule has 2 aromatic rings. The van der Waals surface area contributed by atoms with Crippen molar-refractivity contribution in [3.8, 4) is 0 Å². The van der Waals surface area contributed by atoms with Gasteiger partial charge in [0.25, 0.3) is 5.56 Å². The average molecular weight is 400 g/mol. The number of nitrogens with zero attached hydrogens (tertiary/aromatic N) is 1. The fourth-order valence-corrected chi connectivity index (χ4v) is 4.65. The zero-order chi connectivity index (χ0) is 19.5. The number of pyridine rings is 1. The second kappa shape index (κ2) is 8.62. The van der Waals surface area contributed by atoms with E-state index in [9.17, 15) is 4.79 Å². The van der Waals surface area contributed by atoms with Gasteiger partial charge in [-0.25, -0.2) is 0 Å². The van der Waals surface area contributed by atoms with Gasteiger partial charge in [0.1, 0.15) is 0 Å². The minimum Gasteiger partial charge on any atom is -0.376 e. The highest BCUT2D eigenvalue weighted by Gasteiger charge is 2.26. The van der Waals surface area contributed by atoms with Crippen LogP contribution in [0.3, 0.4) is 0 Å². The molecule has 1 unspecified atom stereocenters. The van der Waals surface area contributed by atoms with Crippen LogP contribution >= 0.6 is 12.2 Å². The lowest BCUT2D eigenvalue weighted by Crippen LogP contribution is -2.47. The predicted molar refractivity (Wildman–Crippen MR) is 117 cm³/mol. The summed E-state index contributed by atoms with van der Waals surface area (Å²) in [5.41, 5.74) is 2.77. The minimum absolute atomic E-state index is 0.0250. The third-order valence-corrected chi connectivity index (χ3v) is 6.33. The highest BCUT2D eigenvalue weighted by Crippen LogP contribution is 2.25. The number of fused-ring (bicyclic) bond motifs is 1. The highest BCUT2D eigenvalue weighted by atomic mass is 32.1. The second-order valence-electron chi connectivity index (χ2n) is 8.10. The maximum Gasteiger partial charge on any atom is 0.253 e. The number of hydrogen-bond acceptors (Lipinski definition) is 3. The van der Waals surface area contributed by atoms with Crippen molar-refractivity contribution in [2.75, 3.05) is 13.2 Å². The number of benzene rings is 1. The van der Waals surface area contributed by atoms with Crippen molar-refractivity contribution in [2.45, 2.75) is 64.1 Å². The molecule has 6 heteroatoms. The van der Waals surface area contributed by atoms with Crippen molar-refractivity contribution in [1.29, 1.82) is 0 Å². The SMILES string of the molecule is Cc1ccc2cc(CN(C(=S)NCC3CCCO3)C3CCCC3)c(=O)[nH]c2c1. The van der Waals surface area contributed by atoms with Gasteiger partial charge in [0, 0.05) is 30.3 Å². The molecule has 5 nitrogen and oxygen atoms in total. The lowest BCUT2D eigenvalue weighted by atomic mass is 10.1. The fraction of sp³-hybridized carbons (Fsp3) is 0.545. The molecule has 150 valence electrons. The number of aryl methyl sites for hydroxylation is 1. The van der Waals surface area contributed by atoms with Gasteiger partial charge < -0.3 is 19.9 Å². The zero-order valence-corrected chi connectivity index (χ0v) is 17.3. The van der Waals surface area contributed by atoms with Crippen LogP contribution in [0.5, 0.6) is 0 Å². The van der Waals surface area contributed by atoms with Gasteiger partial charge in [-0.05, 0) is 67.9 Å². The van der Waals surface area contributed by atoms with Gasteiger partial charge in [0.2, 0.25) is 0 Å². The number of H-pyrrole nitrogens is 1. The summed E-state index contributed by atoms with van der Waals surface area (Å²) in [5, 5.41) is 5.21. The molecule has 4 rings (SSSR count). The zero-order valence-electron chi connectivity index (χ0n) is 16.5. The predicted octanol–water partition coefficient (Wildman–Crippen LogP) is 3.63. The maximum atomic E-state index is 12.7. The molecule has 1 aromatic carbocycles. The normalized spacial score (nSPS) is 20.0. The molecule has 0 amide bonds. The Labute approximate surface area is 171 Å². The standard InChI is InChI=1S/C22H29N3O2S/c1-15-8-9-16-12-17(21(26)24-20(16)11-15)14-25(18-5-2-3-6-18)22(28)23-13-19-7-4-10-27-19/h8-9,11-12,18-19H,2-7,10,13-14H2,1H3,(H,23,28)(H,24,26). The number of rotatable bonds is 5. The van der Waals surface area contributed by atoms with E-state index in [0.717, 1.165) is 66.0 Å². The Balaban J connectivity index is 1.54. The first-order chi connectivity index (χ1) is 13.6. The number of hydrogen-bond donors (Lipinski definition) is 2. The molecule has 0 radical (unpaired) electrons. The minimum atomic E-state index is -0.0250. The summed E-state index contributed by atoms with van der Waals surface area (Å²) in [6.45, 7) is 4.17. The lowest BCUT2D eigenvalue weighted by molar-refractivity contribution is 0.113. The molecule has 1 aromatic heterocycles. The first-order valence-corrected chi connectivity index (χ1v) is 10.8. The Morgan fingerprint density at radius 3 is 2.82 bits per heavy atom. The monoisotopic (exact) mass is 399 g/mol. The molecule has 2 fully saturated rings. The number of nitrogens with one attached hydrogen (secondary N) is 2. The van der Waals surface area contributed by atoms with Gasteiger partial charge in [0.05, 0.1) is 12.6 Å². The van der Waals surface area contributed by atoms with Crippen LogP contribution in [0.2, 0.25) is 0 Å². The van der Waals surface area contributed by atoms with Crippen LogP contribution < -0.4 is 10.9 Å². The van der Waals surface area contributed by atoms with E-state index in [-0.39, 0.29) is 11.7 Å². The van der Waals surface area contributed by atoms with Crippen molar-refractivity contribution in [3.63, 3.8) is 0 Å². The molecule has 2 heterocycles. The first kappa shape index (κ1) is 19.4. The van der Waals surface area contributed by atoms with Crippen LogP contribution in [0.15, 0.2) is 29.1 Å². The van der Waals surface area contributed by atoms with Gasteiger partial charge in [-0.1, -0.05) is 25.0 Å². The summed E-state index contributed by atoms with van der Waals surface area (Å²) >= 11 is 5.75. The van der Waals surface area contributed by atoms with Crippen LogP contribution in [-0.4, -0.2) is 40.3 Å². The first-order valence-electron chi connectivity index (χ1n) is 10.4. The van der Waals surface area contributed by atoms with Crippen LogP contribution in [0.1, 0.15) is 49.7 Å². The number of thiocarbonyl (C=S) groups is 1. The summed E-state index contributed by atoms with van der Waals surface area (Å²) in [7, 11) is 0. The van der Waals surface area contributed by atoms with Gasteiger partial charge in [-0.2, -0.15) is 0 Å². The lowest BCUT2D eigenvalue weighted by Gasteiger charge is -2.32. The van der Waals surface area contributed by atoms with E-state index in [2.05, 4.69) is 27.3 Å². The fourth-order valence-electron chi connectivity index (χ4n) is 4.35. The van der Waals surface area contributed by atoms with E-state index < -0.39 is 0 Å². The van der Waals surface area contributed by atoms with Gasteiger partial charge in [-0.15, -0.1) is 0 Å². The molecule has 2 N–H and O–H groups in total. The molecule has 1 saturated carbocycles. The van der Waals surface area contributed by atoms with E-state index in [1.54, 1.807) is 0 Å². The molecule has 1 saturated heterocycles. The Morgan fingerprint density at radius 2 is 2.07 bits per heavy atom. The van der Waals surface area contributed by atoms with Crippen molar-refractivity contribution in [3.05, 3.63) is 45.7 Å². The van der Waals surface area contributed by atoms with Crippen LogP contribution in [0.4, 0.5) is 0 Å². The quantitative estimate of drug-likeness (QED) is 0.752. The van der Waals surface area contributed by atoms with E-state index >= 15 is 0 Å². The molecule has 1 aliphatic carbocycles. The molecule has 2 aliphatic rings. The Kier molecular flexibility index (Phi) is 5.97. The topological polar surface area (TPSA) is 57.4 Å². The van der Waals surface area contributed by atoms with Crippen molar-refractivity contribution < 1.29 is 4.74 Å². The molecular weight excluding hydrogens is 370 g/mol.